The highest BCUT2D eigenvalue weighted by Gasteiger charge is 2.24. The van der Waals surface area contributed by atoms with E-state index in [1.165, 1.54) is 29.8 Å². The molecule has 1 N–H and O–H groups in total. The van der Waals surface area contributed by atoms with E-state index in [0.717, 1.165) is 12.8 Å². The van der Waals surface area contributed by atoms with E-state index in [4.69, 9.17) is 4.42 Å². The number of sulfone groups is 1. The molecule has 0 unspecified atom stereocenters. The molecule has 7 nitrogen and oxygen atoms in total. The van der Waals surface area contributed by atoms with Gasteiger partial charge in [-0.15, -0.1) is 0 Å². The van der Waals surface area contributed by atoms with Crippen LogP contribution in [0.2, 0.25) is 0 Å². The SMILES string of the molecule is O=C(O)c1ccccc1S(=O)(=O)CCN(CCCc1ccccc1)c1nc2ccccc2o1. The van der Waals surface area contributed by atoms with E-state index in [9.17, 15) is 18.3 Å². The van der Waals surface area contributed by atoms with Crippen LogP contribution in [0.1, 0.15) is 22.3 Å². The standard InChI is InChI=1S/C25H24N2O5S/c28-24(29)20-12-4-7-15-23(20)33(30,31)18-17-27(16-8-11-19-9-2-1-3-10-19)25-26-21-13-5-6-14-22(21)32-25/h1-7,9-10,12-15H,8,11,16-18H2,(H,28,29). The fourth-order valence-electron chi connectivity index (χ4n) is 3.67. The molecule has 0 aliphatic rings. The van der Waals surface area contributed by atoms with Crippen molar-refractivity contribution >= 4 is 32.9 Å². The predicted octanol–water partition coefficient (Wildman–Crippen LogP) is 4.44. The van der Waals surface area contributed by atoms with Gasteiger partial charge in [-0.25, -0.2) is 13.2 Å². The number of carboxylic acid groups (broad SMARTS) is 1. The lowest BCUT2D eigenvalue weighted by Crippen LogP contribution is -2.31. The summed E-state index contributed by atoms with van der Waals surface area (Å²) < 4.78 is 31.9. The number of nitrogens with zero attached hydrogens (tertiary/aromatic N) is 2. The van der Waals surface area contributed by atoms with Crippen molar-refractivity contribution in [2.75, 3.05) is 23.7 Å². The van der Waals surface area contributed by atoms with Crippen molar-refractivity contribution in [2.24, 2.45) is 0 Å². The van der Waals surface area contributed by atoms with Gasteiger partial charge in [-0.2, -0.15) is 4.98 Å². The van der Waals surface area contributed by atoms with E-state index in [-0.39, 0.29) is 22.8 Å². The molecule has 8 heteroatoms. The number of hydrogen-bond acceptors (Lipinski definition) is 6. The first-order chi connectivity index (χ1) is 15.9. The topological polar surface area (TPSA) is 101 Å². The summed E-state index contributed by atoms with van der Waals surface area (Å²) in [5, 5.41) is 9.39. The Morgan fingerprint density at radius 3 is 2.36 bits per heavy atom. The lowest BCUT2D eigenvalue weighted by Gasteiger charge is -2.21. The lowest BCUT2D eigenvalue weighted by molar-refractivity contribution is 0.0692. The van der Waals surface area contributed by atoms with Crippen LogP contribution in [0.25, 0.3) is 11.1 Å². The Kier molecular flexibility index (Phi) is 6.74. The summed E-state index contributed by atoms with van der Waals surface area (Å²) in [6, 6.07) is 23.4. The van der Waals surface area contributed by atoms with Crippen LogP contribution in [-0.4, -0.2) is 43.3 Å². The summed E-state index contributed by atoms with van der Waals surface area (Å²) in [7, 11) is -3.84. The van der Waals surface area contributed by atoms with Gasteiger partial charge in [0.1, 0.15) is 5.52 Å². The number of para-hydroxylation sites is 2. The molecule has 4 rings (SSSR count). The number of aromatic carboxylic acids is 1. The third kappa shape index (κ3) is 5.40. The van der Waals surface area contributed by atoms with Gasteiger partial charge < -0.3 is 14.4 Å². The largest absolute Gasteiger partial charge is 0.478 e. The molecular weight excluding hydrogens is 440 g/mol. The van der Waals surface area contributed by atoms with Crippen LogP contribution in [0.3, 0.4) is 0 Å². The Balaban J connectivity index is 1.54. The molecule has 0 aliphatic heterocycles. The fourth-order valence-corrected chi connectivity index (χ4v) is 5.13. The number of fused-ring (bicyclic) bond motifs is 1. The molecule has 4 aromatic rings. The number of oxazole rings is 1. The van der Waals surface area contributed by atoms with Gasteiger partial charge in [-0.1, -0.05) is 54.6 Å². The van der Waals surface area contributed by atoms with Gasteiger partial charge in [0.05, 0.1) is 16.2 Å². The van der Waals surface area contributed by atoms with Crippen LogP contribution in [0, 0.1) is 0 Å². The van der Waals surface area contributed by atoms with Crippen molar-refractivity contribution in [2.45, 2.75) is 17.7 Å². The second-order valence-electron chi connectivity index (χ2n) is 7.66. The molecule has 0 fully saturated rings. The molecule has 1 heterocycles. The summed E-state index contributed by atoms with van der Waals surface area (Å²) in [6.07, 6.45) is 1.60. The zero-order valence-electron chi connectivity index (χ0n) is 17.9. The van der Waals surface area contributed by atoms with Crippen molar-refractivity contribution in [3.63, 3.8) is 0 Å². The number of carboxylic acids is 1. The number of hydrogen-bond donors (Lipinski definition) is 1. The van der Waals surface area contributed by atoms with Gasteiger partial charge >= 0.3 is 5.97 Å². The number of benzene rings is 3. The Morgan fingerprint density at radius 1 is 0.909 bits per heavy atom. The number of anilines is 1. The Hall–Kier alpha value is -3.65. The maximum atomic E-state index is 13.0. The highest BCUT2D eigenvalue weighted by atomic mass is 32.2. The van der Waals surface area contributed by atoms with Crippen LogP contribution in [0.4, 0.5) is 6.01 Å². The fraction of sp³-hybridized carbons (Fsp3) is 0.200. The smallest absolute Gasteiger partial charge is 0.337 e. The van der Waals surface area contributed by atoms with Gasteiger partial charge in [-0.3, -0.25) is 0 Å². The molecule has 0 amide bonds. The molecule has 33 heavy (non-hydrogen) atoms. The van der Waals surface area contributed by atoms with Crippen LogP contribution in [-0.2, 0) is 16.3 Å². The molecule has 3 aromatic carbocycles. The first-order valence-corrected chi connectivity index (χ1v) is 12.3. The highest BCUT2D eigenvalue weighted by molar-refractivity contribution is 7.91. The van der Waals surface area contributed by atoms with Gasteiger partial charge in [0.2, 0.25) is 0 Å². The van der Waals surface area contributed by atoms with Crippen LogP contribution in [0.15, 0.2) is 88.2 Å². The van der Waals surface area contributed by atoms with Gasteiger partial charge in [0, 0.05) is 13.1 Å². The average Bonchev–Trinajstić information content (AvgIpc) is 3.26. The average molecular weight is 465 g/mol. The monoisotopic (exact) mass is 464 g/mol. The van der Waals surface area contributed by atoms with Crippen molar-refractivity contribution in [3.05, 3.63) is 90.0 Å². The van der Waals surface area contributed by atoms with Crippen LogP contribution in [0.5, 0.6) is 0 Å². The Morgan fingerprint density at radius 2 is 1.61 bits per heavy atom. The molecule has 0 radical (unpaired) electrons. The first kappa shape index (κ1) is 22.5. The van der Waals surface area contributed by atoms with E-state index in [2.05, 4.69) is 17.1 Å². The van der Waals surface area contributed by atoms with Crippen LogP contribution < -0.4 is 4.90 Å². The summed E-state index contributed by atoms with van der Waals surface area (Å²) in [4.78, 5) is 17.7. The van der Waals surface area contributed by atoms with Gasteiger partial charge in [0.25, 0.3) is 6.01 Å². The van der Waals surface area contributed by atoms with E-state index in [0.29, 0.717) is 23.7 Å². The highest BCUT2D eigenvalue weighted by Crippen LogP contribution is 2.23. The molecule has 0 aliphatic carbocycles. The summed E-state index contributed by atoms with van der Waals surface area (Å²) in [5.74, 6) is -1.53. The zero-order valence-corrected chi connectivity index (χ0v) is 18.7. The molecule has 0 spiro atoms. The minimum Gasteiger partial charge on any atom is -0.478 e. The Bertz CT molecular complexity index is 1320. The number of aromatic nitrogens is 1. The molecule has 0 atom stereocenters. The quantitative estimate of drug-likeness (QED) is 0.370. The van der Waals surface area contributed by atoms with Crippen molar-refractivity contribution in [1.82, 2.24) is 4.98 Å². The van der Waals surface area contributed by atoms with E-state index in [1.54, 1.807) is 0 Å². The van der Waals surface area contributed by atoms with Crippen molar-refractivity contribution < 1.29 is 22.7 Å². The van der Waals surface area contributed by atoms with E-state index < -0.39 is 15.8 Å². The summed E-state index contributed by atoms with van der Waals surface area (Å²) >= 11 is 0. The number of aryl methyl sites for hydroxylation is 1. The zero-order chi connectivity index (χ0) is 23.3. The van der Waals surface area contributed by atoms with E-state index >= 15 is 0 Å². The lowest BCUT2D eigenvalue weighted by atomic mass is 10.1. The van der Waals surface area contributed by atoms with Crippen molar-refractivity contribution in [3.8, 4) is 0 Å². The van der Waals surface area contributed by atoms with Gasteiger partial charge in [0.15, 0.2) is 15.4 Å². The second-order valence-corrected chi connectivity index (χ2v) is 9.74. The minimum atomic E-state index is -3.84. The molecule has 0 bridgehead atoms. The second kappa shape index (κ2) is 9.87. The number of carbonyl (C=O) groups is 1. The molecule has 170 valence electrons. The third-order valence-corrected chi connectivity index (χ3v) is 7.12. The molecular formula is C25H24N2O5S. The number of rotatable bonds is 10. The summed E-state index contributed by atoms with van der Waals surface area (Å²) in [6.45, 7) is 0.662. The molecule has 0 saturated heterocycles. The van der Waals surface area contributed by atoms with E-state index in [1.807, 2.05) is 47.4 Å². The molecule has 1 aromatic heterocycles. The first-order valence-electron chi connectivity index (χ1n) is 10.6. The normalized spacial score (nSPS) is 11.5. The third-order valence-electron chi connectivity index (χ3n) is 5.37. The maximum Gasteiger partial charge on any atom is 0.337 e. The van der Waals surface area contributed by atoms with Crippen molar-refractivity contribution in [1.29, 1.82) is 0 Å². The minimum absolute atomic E-state index is 0.123. The predicted molar refractivity (Wildman–Crippen MR) is 126 cm³/mol. The summed E-state index contributed by atoms with van der Waals surface area (Å²) in [5.41, 5.74) is 2.28. The van der Waals surface area contributed by atoms with Crippen LogP contribution >= 0.6 is 0 Å². The molecule has 0 saturated carbocycles. The Labute approximate surface area is 192 Å². The van der Waals surface area contributed by atoms with Gasteiger partial charge in [-0.05, 0) is 42.7 Å². The maximum absolute atomic E-state index is 13.0.